The van der Waals surface area contributed by atoms with E-state index in [1.54, 1.807) is 0 Å². The number of nitrogens with one attached hydrogen (secondary N) is 1. The van der Waals surface area contributed by atoms with Gasteiger partial charge in [-0.1, -0.05) is 49.6 Å². The Labute approximate surface area is 115 Å². The van der Waals surface area contributed by atoms with Gasteiger partial charge in [-0.2, -0.15) is 0 Å². The Kier molecular flexibility index (Phi) is 5.40. The van der Waals surface area contributed by atoms with E-state index in [2.05, 4.69) is 17.4 Å². The van der Waals surface area contributed by atoms with Crippen molar-refractivity contribution in [1.29, 1.82) is 0 Å². The van der Waals surface area contributed by atoms with E-state index in [0.717, 1.165) is 19.3 Å². The van der Waals surface area contributed by atoms with Crippen LogP contribution in [0.5, 0.6) is 0 Å². The van der Waals surface area contributed by atoms with Crippen molar-refractivity contribution >= 4 is 5.91 Å². The van der Waals surface area contributed by atoms with E-state index in [4.69, 9.17) is 5.73 Å². The van der Waals surface area contributed by atoms with Gasteiger partial charge in [0.1, 0.15) is 0 Å². The number of carbonyl (C=O) groups excluding carboxylic acids is 1. The van der Waals surface area contributed by atoms with E-state index in [-0.39, 0.29) is 11.9 Å². The molecule has 0 saturated heterocycles. The third kappa shape index (κ3) is 4.67. The molecule has 0 spiro atoms. The molecule has 19 heavy (non-hydrogen) atoms. The summed E-state index contributed by atoms with van der Waals surface area (Å²) in [6.45, 7) is 0. The molecule has 2 rings (SSSR count). The van der Waals surface area contributed by atoms with Gasteiger partial charge in [-0.3, -0.25) is 4.79 Å². The Bertz CT molecular complexity index is 385. The van der Waals surface area contributed by atoms with E-state index < -0.39 is 0 Å². The van der Waals surface area contributed by atoms with Crippen molar-refractivity contribution in [3.8, 4) is 0 Å². The lowest BCUT2D eigenvalue weighted by Crippen LogP contribution is -2.46. The molecule has 1 aliphatic carbocycles. The Morgan fingerprint density at radius 1 is 1.21 bits per heavy atom. The van der Waals surface area contributed by atoms with Crippen LogP contribution >= 0.6 is 0 Å². The minimum Gasteiger partial charge on any atom is -0.352 e. The molecule has 1 aromatic rings. The molecule has 1 aromatic carbocycles. The lowest BCUT2D eigenvalue weighted by Gasteiger charge is -2.24. The van der Waals surface area contributed by atoms with Gasteiger partial charge in [0.15, 0.2) is 0 Å². The molecule has 0 heterocycles. The van der Waals surface area contributed by atoms with Gasteiger partial charge in [0.2, 0.25) is 5.91 Å². The smallest absolute Gasteiger partial charge is 0.237 e. The highest BCUT2D eigenvalue weighted by molar-refractivity contribution is 5.81. The summed E-state index contributed by atoms with van der Waals surface area (Å²) in [7, 11) is 0. The lowest BCUT2D eigenvalue weighted by atomic mass is 9.95. The average Bonchev–Trinajstić information content (AvgIpc) is 2.47. The highest BCUT2D eigenvalue weighted by Crippen LogP contribution is 2.17. The highest BCUT2D eigenvalue weighted by Gasteiger charge is 2.19. The summed E-state index contributed by atoms with van der Waals surface area (Å²) < 4.78 is 0. The minimum absolute atomic E-state index is 0.0165. The van der Waals surface area contributed by atoms with Crippen molar-refractivity contribution in [2.24, 2.45) is 5.73 Å². The molecule has 1 aliphatic rings. The highest BCUT2D eigenvalue weighted by atomic mass is 16.2. The second-order valence-corrected chi connectivity index (χ2v) is 5.47. The summed E-state index contributed by atoms with van der Waals surface area (Å²) in [5.41, 5.74) is 7.21. The molecule has 0 radical (unpaired) electrons. The number of hydrogen-bond donors (Lipinski definition) is 2. The van der Waals surface area contributed by atoms with E-state index in [1.165, 1.54) is 24.8 Å². The van der Waals surface area contributed by atoms with Crippen molar-refractivity contribution in [3.05, 3.63) is 35.9 Å². The summed E-state index contributed by atoms with van der Waals surface area (Å²) in [5.74, 6) is 0.0165. The summed E-state index contributed by atoms with van der Waals surface area (Å²) in [6.07, 6.45) is 7.54. The molecular weight excluding hydrogens is 236 g/mol. The first-order chi connectivity index (χ1) is 9.25. The van der Waals surface area contributed by atoms with E-state index in [1.807, 2.05) is 18.2 Å². The van der Waals surface area contributed by atoms with E-state index >= 15 is 0 Å². The van der Waals surface area contributed by atoms with Crippen molar-refractivity contribution in [2.75, 3.05) is 0 Å². The van der Waals surface area contributed by atoms with Crippen LogP contribution in [0.1, 0.15) is 44.1 Å². The minimum atomic E-state index is -0.387. The summed E-state index contributed by atoms with van der Waals surface area (Å²) in [6, 6.07) is 10.1. The number of nitrogens with two attached hydrogens (primary N) is 1. The Morgan fingerprint density at radius 3 is 2.58 bits per heavy atom. The standard InChI is InChI=1S/C16H24N2O/c17-15(12-11-13-7-3-1-4-8-13)16(19)18-14-9-5-2-6-10-14/h1,3-4,7-8,14-15H,2,5-6,9-12,17H2,(H,18,19)/t15-/m0/s1. The second kappa shape index (κ2) is 7.29. The monoisotopic (exact) mass is 260 g/mol. The number of amides is 1. The first kappa shape index (κ1) is 14.1. The molecule has 1 amide bonds. The first-order valence-corrected chi connectivity index (χ1v) is 7.35. The van der Waals surface area contributed by atoms with Crippen molar-refractivity contribution in [1.82, 2.24) is 5.32 Å². The van der Waals surface area contributed by atoms with Gasteiger partial charge in [0.25, 0.3) is 0 Å². The SMILES string of the molecule is N[C@@H](CCc1ccccc1)C(=O)NC1CCCCC1. The van der Waals surface area contributed by atoms with Crippen LogP contribution in [0.15, 0.2) is 30.3 Å². The van der Waals surface area contributed by atoms with Crippen molar-refractivity contribution in [2.45, 2.75) is 57.0 Å². The zero-order valence-electron chi connectivity index (χ0n) is 11.5. The molecular formula is C16H24N2O. The Balaban J connectivity index is 1.72. The van der Waals surface area contributed by atoms with E-state index in [0.29, 0.717) is 12.5 Å². The van der Waals surface area contributed by atoms with Crippen LogP contribution in [0.3, 0.4) is 0 Å². The molecule has 0 unspecified atom stereocenters. The van der Waals surface area contributed by atoms with Crippen LogP contribution in [0, 0.1) is 0 Å². The van der Waals surface area contributed by atoms with Crippen molar-refractivity contribution in [3.63, 3.8) is 0 Å². The average molecular weight is 260 g/mol. The van der Waals surface area contributed by atoms with Crippen LogP contribution in [0.4, 0.5) is 0 Å². The number of benzene rings is 1. The van der Waals surface area contributed by atoms with Gasteiger partial charge >= 0.3 is 0 Å². The summed E-state index contributed by atoms with van der Waals surface area (Å²) >= 11 is 0. The van der Waals surface area contributed by atoms with Crippen LogP contribution in [-0.2, 0) is 11.2 Å². The zero-order chi connectivity index (χ0) is 13.5. The number of rotatable bonds is 5. The number of hydrogen-bond acceptors (Lipinski definition) is 2. The van der Waals surface area contributed by atoms with Gasteiger partial charge in [-0.15, -0.1) is 0 Å². The molecule has 0 bridgehead atoms. The Morgan fingerprint density at radius 2 is 1.89 bits per heavy atom. The van der Waals surface area contributed by atoms with E-state index in [9.17, 15) is 4.79 Å². The zero-order valence-corrected chi connectivity index (χ0v) is 11.5. The molecule has 3 N–H and O–H groups in total. The van der Waals surface area contributed by atoms with Crippen LogP contribution in [0.25, 0.3) is 0 Å². The third-order valence-electron chi connectivity index (χ3n) is 3.88. The first-order valence-electron chi connectivity index (χ1n) is 7.35. The Hall–Kier alpha value is -1.35. The predicted molar refractivity (Wildman–Crippen MR) is 77.8 cm³/mol. The fourth-order valence-electron chi connectivity index (χ4n) is 2.65. The maximum Gasteiger partial charge on any atom is 0.237 e. The number of carbonyl (C=O) groups is 1. The van der Waals surface area contributed by atoms with Gasteiger partial charge in [0, 0.05) is 6.04 Å². The van der Waals surface area contributed by atoms with Gasteiger partial charge < -0.3 is 11.1 Å². The van der Waals surface area contributed by atoms with Gasteiger partial charge in [-0.25, -0.2) is 0 Å². The maximum absolute atomic E-state index is 12.0. The quantitative estimate of drug-likeness (QED) is 0.854. The van der Waals surface area contributed by atoms with Gasteiger partial charge in [0.05, 0.1) is 6.04 Å². The molecule has 0 aromatic heterocycles. The third-order valence-corrected chi connectivity index (χ3v) is 3.88. The molecule has 1 atom stereocenters. The lowest BCUT2D eigenvalue weighted by molar-refractivity contribution is -0.123. The number of aryl methyl sites for hydroxylation is 1. The largest absolute Gasteiger partial charge is 0.352 e. The predicted octanol–water partition coefficient (Wildman–Crippen LogP) is 2.40. The van der Waals surface area contributed by atoms with Gasteiger partial charge in [-0.05, 0) is 31.2 Å². The fraction of sp³-hybridized carbons (Fsp3) is 0.562. The second-order valence-electron chi connectivity index (χ2n) is 5.47. The molecule has 3 heteroatoms. The van der Waals surface area contributed by atoms with Crippen LogP contribution in [-0.4, -0.2) is 18.0 Å². The maximum atomic E-state index is 12.0. The molecule has 104 valence electrons. The molecule has 1 saturated carbocycles. The molecule has 3 nitrogen and oxygen atoms in total. The summed E-state index contributed by atoms with van der Waals surface area (Å²) in [4.78, 5) is 12.0. The van der Waals surface area contributed by atoms with Crippen molar-refractivity contribution < 1.29 is 4.79 Å². The summed E-state index contributed by atoms with van der Waals surface area (Å²) in [5, 5.41) is 3.09. The van der Waals surface area contributed by atoms with Crippen LogP contribution < -0.4 is 11.1 Å². The fourth-order valence-corrected chi connectivity index (χ4v) is 2.65. The topological polar surface area (TPSA) is 55.1 Å². The molecule has 1 fully saturated rings. The van der Waals surface area contributed by atoms with Crippen LogP contribution in [0.2, 0.25) is 0 Å². The normalized spacial score (nSPS) is 17.9. The molecule has 0 aliphatic heterocycles.